The molecule has 2 rings (SSSR count). The normalized spacial score (nSPS) is 14.0. The largest absolute Gasteiger partial charge is 0.469 e. The third kappa shape index (κ3) is 3.85. The number of hydrogen-bond donors (Lipinski definition) is 1. The van der Waals surface area contributed by atoms with Gasteiger partial charge in [-0.2, -0.15) is 0 Å². The van der Waals surface area contributed by atoms with Crippen molar-refractivity contribution in [3.05, 3.63) is 39.4 Å². The van der Waals surface area contributed by atoms with E-state index in [0.29, 0.717) is 11.3 Å². The molecule has 0 radical (unpaired) electrons. The van der Waals surface area contributed by atoms with E-state index in [0.717, 1.165) is 12.1 Å². The van der Waals surface area contributed by atoms with Gasteiger partial charge in [-0.05, 0) is 12.5 Å². The van der Waals surface area contributed by atoms with Gasteiger partial charge in [-0.15, -0.1) is 0 Å². The second-order valence-corrected chi connectivity index (χ2v) is 5.64. The van der Waals surface area contributed by atoms with Crippen molar-refractivity contribution in [2.45, 2.75) is 25.8 Å². The average molecular weight is 363 g/mol. The molecule has 1 aliphatic heterocycles. The van der Waals surface area contributed by atoms with E-state index in [1.54, 1.807) is 6.92 Å². The lowest BCUT2D eigenvalue weighted by Gasteiger charge is -2.18. The van der Waals surface area contributed by atoms with E-state index in [1.807, 2.05) is 0 Å². The van der Waals surface area contributed by atoms with E-state index >= 15 is 0 Å². The molecular formula is C16H17N3O7. The smallest absolute Gasteiger partial charge is 0.307 e. The highest BCUT2D eigenvalue weighted by Gasteiger charge is 2.38. The molecule has 138 valence electrons. The highest BCUT2D eigenvalue weighted by atomic mass is 16.6. The topological polar surface area (TPSA) is 136 Å². The van der Waals surface area contributed by atoms with Gasteiger partial charge in [-0.3, -0.25) is 34.2 Å². The van der Waals surface area contributed by atoms with Crippen molar-refractivity contribution in [2.75, 3.05) is 13.7 Å². The van der Waals surface area contributed by atoms with E-state index in [2.05, 4.69) is 10.1 Å². The van der Waals surface area contributed by atoms with Crippen LogP contribution in [0.2, 0.25) is 0 Å². The van der Waals surface area contributed by atoms with Gasteiger partial charge >= 0.3 is 5.97 Å². The summed E-state index contributed by atoms with van der Waals surface area (Å²) in [6.07, 6.45) is 0.419. The molecule has 10 heteroatoms. The maximum absolute atomic E-state index is 12.3. The summed E-state index contributed by atoms with van der Waals surface area (Å²) in [5.41, 5.74) is -0.422. The molecular weight excluding hydrogens is 346 g/mol. The predicted octanol–water partition coefficient (Wildman–Crippen LogP) is 0.649. The average Bonchev–Trinajstić information content (AvgIpc) is 2.85. The van der Waals surface area contributed by atoms with Crippen molar-refractivity contribution < 1.29 is 28.8 Å². The molecule has 0 bridgehead atoms. The first-order valence-electron chi connectivity index (χ1n) is 7.79. The molecule has 0 saturated heterocycles. The number of nitrogens with one attached hydrogen (secondary N) is 1. The number of hydrogen-bond acceptors (Lipinski definition) is 7. The number of nitrogens with zero attached hydrogens (tertiary/aromatic N) is 2. The monoisotopic (exact) mass is 363 g/mol. The van der Waals surface area contributed by atoms with Crippen LogP contribution >= 0.6 is 0 Å². The van der Waals surface area contributed by atoms with E-state index in [9.17, 15) is 29.3 Å². The molecule has 26 heavy (non-hydrogen) atoms. The fraction of sp³-hybridized carbons (Fsp3) is 0.375. The number of carbonyl (C=O) groups is 4. The maximum atomic E-state index is 12.3. The minimum absolute atomic E-state index is 0.00926. The van der Waals surface area contributed by atoms with E-state index in [-0.39, 0.29) is 23.2 Å². The summed E-state index contributed by atoms with van der Waals surface area (Å²) < 4.78 is 4.54. The number of nitro benzene ring substituents is 1. The number of ether oxygens (including phenoxy) is 1. The lowest BCUT2D eigenvalue weighted by Crippen LogP contribution is -2.44. The molecule has 10 nitrogen and oxygen atoms in total. The predicted molar refractivity (Wildman–Crippen MR) is 87.3 cm³/mol. The van der Waals surface area contributed by atoms with Gasteiger partial charge in [0, 0.05) is 18.2 Å². The van der Waals surface area contributed by atoms with Crippen LogP contribution in [0.4, 0.5) is 5.69 Å². The number of amides is 3. The lowest BCUT2D eigenvalue weighted by molar-refractivity contribution is -0.384. The van der Waals surface area contributed by atoms with Crippen LogP contribution in [-0.2, 0) is 14.3 Å². The molecule has 1 aromatic rings. The summed E-state index contributed by atoms with van der Waals surface area (Å²) >= 11 is 0. The fourth-order valence-electron chi connectivity index (χ4n) is 2.53. The van der Waals surface area contributed by atoms with Gasteiger partial charge in [0.05, 0.1) is 29.6 Å². The number of carbonyl (C=O) groups excluding carboxylic acids is 4. The van der Waals surface area contributed by atoms with Gasteiger partial charge in [0.2, 0.25) is 5.91 Å². The molecule has 1 heterocycles. The standard InChI is InChI=1S/C16H17N3O7/c1-3-9(6-14(21)26-2)17-13(20)8-18-15(22)11-5-4-10(19(24)25)7-12(11)16(18)23/h4-5,7,9H,3,6,8H2,1-2H3,(H,17,20). The molecule has 0 saturated carbocycles. The van der Waals surface area contributed by atoms with Crippen LogP contribution in [0.3, 0.4) is 0 Å². The first-order chi connectivity index (χ1) is 12.3. The van der Waals surface area contributed by atoms with Crippen LogP contribution < -0.4 is 5.32 Å². The quantitative estimate of drug-likeness (QED) is 0.325. The van der Waals surface area contributed by atoms with Crippen molar-refractivity contribution in [1.82, 2.24) is 10.2 Å². The first kappa shape index (κ1) is 19.0. The molecule has 0 aliphatic carbocycles. The summed E-state index contributed by atoms with van der Waals surface area (Å²) in [6, 6.07) is 2.83. The van der Waals surface area contributed by atoms with Gasteiger partial charge in [0.25, 0.3) is 17.5 Å². The Bertz CT molecular complexity index is 790. The van der Waals surface area contributed by atoms with E-state index in [4.69, 9.17) is 0 Å². The highest BCUT2D eigenvalue weighted by molar-refractivity contribution is 6.22. The summed E-state index contributed by atoms with van der Waals surface area (Å²) in [5.74, 6) is -2.59. The van der Waals surface area contributed by atoms with Crippen LogP contribution in [0, 0.1) is 10.1 Å². The molecule has 1 aliphatic rings. The molecule has 0 aromatic heterocycles. The number of benzene rings is 1. The fourth-order valence-corrected chi connectivity index (χ4v) is 2.53. The minimum atomic E-state index is -0.773. The highest BCUT2D eigenvalue weighted by Crippen LogP contribution is 2.26. The number of methoxy groups -OCH3 is 1. The number of non-ortho nitro benzene ring substituents is 1. The molecule has 3 amide bonds. The number of imide groups is 1. The Morgan fingerprint density at radius 1 is 1.27 bits per heavy atom. The maximum Gasteiger partial charge on any atom is 0.307 e. The van der Waals surface area contributed by atoms with Crippen LogP contribution in [0.15, 0.2) is 18.2 Å². The number of fused-ring (bicyclic) bond motifs is 1. The second-order valence-electron chi connectivity index (χ2n) is 5.64. The minimum Gasteiger partial charge on any atom is -0.469 e. The van der Waals surface area contributed by atoms with E-state index in [1.165, 1.54) is 13.2 Å². The lowest BCUT2D eigenvalue weighted by atomic mass is 10.1. The zero-order chi connectivity index (χ0) is 19.4. The van der Waals surface area contributed by atoms with Crippen molar-refractivity contribution in [1.29, 1.82) is 0 Å². The molecule has 0 fully saturated rings. The third-order valence-corrected chi connectivity index (χ3v) is 3.97. The molecule has 1 N–H and O–H groups in total. The van der Waals surface area contributed by atoms with Gasteiger partial charge in [-0.25, -0.2) is 0 Å². The summed E-state index contributed by atoms with van der Waals surface area (Å²) in [5, 5.41) is 13.4. The van der Waals surface area contributed by atoms with Crippen LogP contribution in [0.25, 0.3) is 0 Å². The molecule has 1 aromatic carbocycles. The van der Waals surface area contributed by atoms with Crippen LogP contribution in [0.1, 0.15) is 40.5 Å². The second kappa shape index (κ2) is 7.72. The number of nitro groups is 1. The molecule has 1 atom stereocenters. The van der Waals surface area contributed by atoms with Crippen molar-refractivity contribution in [2.24, 2.45) is 0 Å². The van der Waals surface area contributed by atoms with Gasteiger partial charge in [-0.1, -0.05) is 6.92 Å². The Kier molecular flexibility index (Phi) is 5.65. The number of esters is 1. The first-order valence-corrected chi connectivity index (χ1v) is 7.79. The van der Waals surface area contributed by atoms with Crippen molar-refractivity contribution >= 4 is 29.4 Å². The van der Waals surface area contributed by atoms with Gasteiger partial charge in [0.15, 0.2) is 0 Å². The van der Waals surface area contributed by atoms with Crippen LogP contribution in [-0.4, -0.2) is 53.2 Å². The Labute approximate surface area is 148 Å². The molecule has 0 spiro atoms. The third-order valence-electron chi connectivity index (χ3n) is 3.97. The summed E-state index contributed by atoms with van der Waals surface area (Å²) in [6.45, 7) is 1.22. The Morgan fingerprint density at radius 2 is 1.92 bits per heavy atom. The summed E-state index contributed by atoms with van der Waals surface area (Å²) in [4.78, 5) is 58.9. The SMILES string of the molecule is CCC(CC(=O)OC)NC(=O)CN1C(=O)c2ccc([N+](=O)[O-])cc2C1=O. The van der Waals surface area contributed by atoms with E-state index < -0.39 is 41.2 Å². The van der Waals surface area contributed by atoms with Gasteiger partial charge < -0.3 is 10.1 Å². The zero-order valence-electron chi connectivity index (χ0n) is 14.2. The Hall–Kier alpha value is -3.30. The van der Waals surface area contributed by atoms with Crippen LogP contribution in [0.5, 0.6) is 0 Å². The molecule has 1 unspecified atom stereocenters. The summed E-state index contributed by atoms with van der Waals surface area (Å²) in [7, 11) is 1.23. The van der Waals surface area contributed by atoms with Crippen molar-refractivity contribution in [3.8, 4) is 0 Å². The van der Waals surface area contributed by atoms with Crippen molar-refractivity contribution in [3.63, 3.8) is 0 Å². The zero-order valence-corrected chi connectivity index (χ0v) is 14.2. The number of rotatable bonds is 7. The Balaban J connectivity index is 2.09. The van der Waals surface area contributed by atoms with Gasteiger partial charge in [0.1, 0.15) is 6.54 Å². The Morgan fingerprint density at radius 3 is 2.50 bits per heavy atom.